The van der Waals surface area contributed by atoms with Gasteiger partial charge in [0, 0.05) is 5.69 Å². The molecule has 0 aliphatic rings. The molecule has 0 radical (unpaired) electrons. The van der Waals surface area contributed by atoms with Gasteiger partial charge >= 0.3 is 0 Å². The summed E-state index contributed by atoms with van der Waals surface area (Å²) in [5, 5.41) is 0. The summed E-state index contributed by atoms with van der Waals surface area (Å²) in [5.41, 5.74) is 8.31. The number of anilines is 1. The second-order valence-electron chi connectivity index (χ2n) is 3.86. The van der Waals surface area contributed by atoms with Crippen molar-refractivity contribution in [3.63, 3.8) is 0 Å². The maximum absolute atomic E-state index is 10.3. The molecule has 0 heterocycles. The summed E-state index contributed by atoms with van der Waals surface area (Å²) in [4.78, 5) is 0. The number of rotatable bonds is 4. The van der Waals surface area contributed by atoms with E-state index in [0.717, 1.165) is 16.8 Å². The van der Waals surface area contributed by atoms with Crippen molar-refractivity contribution < 1.29 is 12.9 Å². The zero-order valence-electron chi connectivity index (χ0n) is 9.98. The molecule has 0 spiro atoms. The fourth-order valence-corrected chi connectivity index (χ4v) is 1.78. The fourth-order valence-electron chi connectivity index (χ4n) is 1.51. The van der Waals surface area contributed by atoms with Gasteiger partial charge in [-0.1, -0.05) is 36.4 Å². The Kier molecular flexibility index (Phi) is 4.33. The van der Waals surface area contributed by atoms with Gasteiger partial charge in [0.2, 0.25) is 0 Å². The molecule has 0 fully saturated rings. The summed E-state index contributed by atoms with van der Waals surface area (Å²) in [6.45, 7) is 0. The summed E-state index contributed by atoms with van der Waals surface area (Å²) in [6.07, 6.45) is 3.87. The lowest BCUT2D eigenvalue weighted by Crippen LogP contribution is -1.97. The maximum Gasteiger partial charge on any atom is 0.139 e. The zero-order chi connectivity index (χ0) is 13.7. The molecule has 0 saturated carbocycles. The van der Waals surface area contributed by atoms with E-state index in [2.05, 4.69) is 4.18 Å². The minimum absolute atomic E-state index is 0.290. The van der Waals surface area contributed by atoms with E-state index in [1.807, 2.05) is 36.4 Å². The van der Waals surface area contributed by atoms with Crippen LogP contribution in [0.2, 0.25) is 0 Å². The molecule has 0 amide bonds. The van der Waals surface area contributed by atoms with Crippen LogP contribution in [0.5, 0.6) is 5.75 Å². The van der Waals surface area contributed by atoms with Crippen LogP contribution in [-0.2, 0) is 11.4 Å². The molecule has 2 aromatic rings. The van der Waals surface area contributed by atoms with Crippen LogP contribution in [0.1, 0.15) is 11.1 Å². The molecule has 0 aromatic heterocycles. The highest BCUT2D eigenvalue weighted by molar-refractivity contribution is 7.74. The molecule has 2 N–H and O–H groups in total. The molecular formula is C14H12NO3S-. The van der Waals surface area contributed by atoms with E-state index < -0.39 is 11.4 Å². The van der Waals surface area contributed by atoms with Crippen molar-refractivity contribution in [1.82, 2.24) is 0 Å². The molecule has 0 bridgehead atoms. The molecule has 19 heavy (non-hydrogen) atoms. The van der Waals surface area contributed by atoms with Crippen LogP contribution in [-0.4, -0.2) is 8.76 Å². The Labute approximate surface area is 114 Å². The molecule has 2 rings (SSSR count). The van der Waals surface area contributed by atoms with E-state index in [-0.39, 0.29) is 5.75 Å². The Balaban J connectivity index is 2.06. The minimum Gasteiger partial charge on any atom is -0.740 e. The van der Waals surface area contributed by atoms with E-state index in [9.17, 15) is 8.76 Å². The molecule has 1 unspecified atom stereocenters. The van der Waals surface area contributed by atoms with Crippen LogP contribution >= 0.6 is 0 Å². The zero-order valence-corrected chi connectivity index (χ0v) is 10.8. The predicted molar refractivity (Wildman–Crippen MR) is 75.8 cm³/mol. The van der Waals surface area contributed by atoms with Gasteiger partial charge in [-0.25, -0.2) is 4.21 Å². The van der Waals surface area contributed by atoms with E-state index in [1.54, 1.807) is 24.3 Å². The molecular weight excluding hydrogens is 262 g/mol. The van der Waals surface area contributed by atoms with Crippen LogP contribution in [0.25, 0.3) is 12.2 Å². The van der Waals surface area contributed by atoms with Gasteiger partial charge in [0.1, 0.15) is 17.1 Å². The molecule has 98 valence electrons. The van der Waals surface area contributed by atoms with Gasteiger partial charge in [-0.3, -0.25) is 0 Å². The highest BCUT2D eigenvalue weighted by atomic mass is 32.2. The first kappa shape index (κ1) is 13.3. The van der Waals surface area contributed by atoms with E-state index in [0.29, 0.717) is 0 Å². The van der Waals surface area contributed by atoms with Gasteiger partial charge in [-0.05, 0) is 35.4 Å². The van der Waals surface area contributed by atoms with Crippen molar-refractivity contribution in [2.75, 3.05) is 5.73 Å². The van der Waals surface area contributed by atoms with Crippen LogP contribution in [0.3, 0.4) is 0 Å². The summed E-state index contributed by atoms with van der Waals surface area (Å²) in [7, 11) is 0. The third-order valence-electron chi connectivity index (χ3n) is 2.45. The van der Waals surface area contributed by atoms with Crippen LogP contribution in [0.15, 0.2) is 48.5 Å². The average molecular weight is 274 g/mol. The summed E-state index contributed by atoms with van der Waals surface area (Å²) in [5.74, 6) is 0.290. The lowest BCUT2D eigenvalue weighted by molar-refractivity contribution is 0.440. The second-order valence-corrected chi connectivity index (χ2v) is 4.43. The highest BCUT2D eigenvalue weighted by Gasteiger charge is 1.93. The smallest absolute Gasteiger partial charge is 0.139 e. The molecule has 5 heteroatoms. The molecule has 0 saturated heterocycles. The molecule has 2 aromatic carbocycles. The van der Waals surface area contributed by atoms with E-state index in [4.69, 9.17) is 5.73 Å². The number of nitrogens with two attached hydrogens (primary N) is 1. The highest BCUT2D eigenvalue weighted by Crippen LogP contribution is 2.15. The Morgan fingerprint density at radius 2 is 1.42 bits per heavy atom. The van der Waals surface area contributed by atoms with Crippen molar-refractivity contribution in [3.8, 4) is 5.75 Å². The van der Waals surface area contributed by atoms with E-state index >= 15 is 0 Å². The third kappa shape index (κ3) is 4.24. The van der Waals surface area contributed by atoms with Crippen molar-refractivity contribution in [2.24, 2.45) is 0 Å². The molecule has 1 atom stereocenters. The lowest BCUT2D eigenvalue weighted by atomic mass is 10.1. The van der Waals surface area contributed by atoms with Crippen molar-refractivity contribution in [1.29, 1.82) is 0 Å². The van der Waals surface area contributed by atoms with Gasteiger partial charge in [-0.15, -0.1) is 0 Å². The number of benzene rings is 2. The summed E-state index contributed by atoms with van der Waals surface area (Å²) in [6, 6.07) is 14.2. The first-order chi connectivity index (χ1) is 9.13. The third-order valence-corrected chi connectivity index (χ3v) is 2.78. The summed E-state index contributed by atoms with van der Waals surface area (Å²) < 4.78 is 25.2. The predicted octanol–water partition coefficient (Wildman–Crippen LogP) is 2.61. The van der Waals surface area contributed by atoms with Crippen LogP contribution in [0, 0.1) is 0 Å². The standard InChI is InChI=1S/C14H13NO3S/c15-13-7-3-11(4-8-13)1-2-12-5-9-14(10-6-12)18-19(16)17/h1-10H,15H2,(H,16,17)/p-1. The van der Waals surface area contributed by atoms with Crippen molar-refractivity contribution in [3.05, 3.63) is 59.7 Å². The maximum atomic E-state index is 10.3. The Morgan fingerprint density at radius 1 is 0.947 bits per heavy atom. The quantitative estimate of drug-likeness (QED) is 0.528. The second kappa shape index (κ2) is 6.17. The van der Waals surface area contributed by atoms with Crippen molar-refractivity contribution in [2.45, 2.75) is 0 Å². The number of hydrogen-bond donors (Lipinski definition) is 1. The van der Waals surface area contributed by atoms with Crippen LogP contribution < -0.4 is 9.92 Å². The van der Waals surface area contributed by atoms with Gasteiger partial charge in [0.05, 0.1) is 0 Å². The molecule has 0 aliphatic heterocycles. The topological polar surface area (TPSA) is 75.4 Å². The van der Waals surface area contributed by atoms with Gasteiger partial charge in [-0.2, -0.15) is 0 Å². The molecule has 4 nitrogen and oxygen atoms in total. The Morgan fingerprint density at radius 3 is 1.89 bits per heavy atom. The normalized spacial score (nSPS) is 12.5. The first-order valence-corrected chi connectivity index (χ1v) is 6.55. The van der Waals surface area contributed by atoms with Crippen LogP contribution in [0.4, 0.5) is 5.69 Å². The van der Waals surface area contributed by atoms with Gasteiger partial charge in [0.25, 0.3) is 0 Å². The van der Waals surface area contributed by atoms with Crippen molar-refractivity contribution >= 4 is 29.2 Å². The average Bonchev–Trinajstić information content (AvgIpc) is 2.39. The Bertz CT molecular complexity index is 591. The molecule has 0 aliphatic carbocycles. The Hall–Kier alpha value is -2.11. The lowest BCUT2D eigenvalue weighted by Gasteiger charge is -2.06. The summed E-state index contributed by atoms with van der Waals surface area (Å²) >= 11 is -2.54. The largest absolute Gasteiger partial charge is 0.740 e. The fraction of sp³-hybridized carbons (Fsp3) is 0. The first-order valence-electron chi connectivity index (χ1n) is 5.55. The van der Waals surface area contributed by atoms with Gasteiger partial charge < -0.3 is 14.5 Å². The SMILES string of the molecule is Nc1ccc(C=Cc2ccc(OS(=O)[O-])cc2)cc1. The monoisotopic (exact) mass is 274 g/mol. The number of nitrogen functional groups attached to an aromatic ring is 1. The van der Waals surface area contributed by atoms with E-state index in [1.165, 1.54) is 0 Å². The minimum atomic E-state index is -2.54. The number of hydrogen-bond acceptors (Lipinski definition) is 4. The van der Waals surface area contributed by atoms with Gasteiger partial charge in [0.15, 0.2) is 0 Å².